The third-order valence-corrected chi connectivity index (χ3v) is 3.66. The van der Waals surface area contributed by atoms with Crippen molar-refractivity contribution in [3.63, 3.8) is 0 Å². The van der Waals surface area contributed by atoms with E-state index in [1.165, 1.54) is 0 Å². The molecule has 0 radical (unpaired) electrons. The van der Waals surface area contributed by atoms with Crippen LogP contribution in [0.5, 0.6) is 0 Å². The Kier molecular flexibility index (Phi) is 5.50. The lowest BCUT2D eigenvalue weighted by Crippen LogP contribution is -2.23. The summed E-state index contributed by atoms with van der Waals surface area (Å²) in [5.41, 5.74) is 1.39. The van der Waals surface area contributed by atoms with Crippen molar-refractivity contribution in [2.75, 3.05) is 5.32 Å². The molecular weight excluding hydrogens is 292 g/mol. The van der Waals surface area contributed by atoms with Gasteiger partial charge in [-0.15, -0.1) is 0 Å². The Hall–Kier alpha value is -2.21. The number of aliphatic hydroxyl groups is 1. The average molecular weight is 316 g/mol. The number of nitrogens with zero attached hydrogens (tertiary/aromatic N) is 2. The monoisotopic (exact) mass is 316 g/mol. The Morgan fingerprint density at radius 2 is 1.96 bits per heavy atom. The van der Waals surface area contributed by atoms with Gasteiger partial charge in [-0.2, -0.15) is 5.10 Å². The fourth-order valence-corrected chi connectivity index (χ4v) is 2.07. The predicted octanol–water partition coefficient (Wildman–Crippen LogP) is 2.94. The van der Waals surface area contributed by atoms with E-state index in [0.717, 1.165) is 11.4 Å². The number of benzene rings is 1. The zero-order chi connectivity index (χ0) is 17.0. The van der Waals surface area contributed by atoms with E-state index in [4.69, 9.17) is 0 Å². The number of rotatable bonds is 6. The van der Waals surface area contributed by atoms with E-state index in [1.54, 1.807) is 6.07 Å². The molecule has 1 aromatic heterocycles. The van der Waals surface area contributed by atoms with Gasteiger partial charge in [0.25, 0.3) is 0 Å². The molecule has 23 heavy (non-hydrogen) atoms. The quantitative estimate of drug-likeness (QED) is 0.764. The van der Waals surface area contributed by atoms with Crippen molar-refractivity contribution < 1.29 is 9.90 Å². The Bertz CT molecular complexity index is 664. The molecule has 1 amide bonds. The van der Waals surface area contributed by atoms with Gasteiger partial charge in [0.05, 0.1) is 18.2 Å². The number of hydrogen-bond acceptors (Lipinski definition) is 4. The number of aromatic nitrogens is 3. The number of aromatic amines is 1. The van der Waals surface area contributed by atoms with Crippen LogP contribution in [0.1, 0.15) is 45.9 Å². The van der Waals surface area contributed by atoms with E-state index < -0.39 is 6.10 Å². The highest BCUT2D eigenvalue weighted by Crippen LogP contribution is 2.26. The number of nitrogens with one attached hydrogen (secondary N) is 2. The fourth-order valence-electron chi connectivity index (χ4n) is 2.07. The number of H-pyrrole nitrogens is 1. The predicted molar refractivity (Wildman–Crippen MR) is 90.0 cm³/mol. The van der Waals surface area contributed by atoms with Crippen LogP contribution in [-0.2, 0) is 4.79 Å². The van der Waals surface area contributed by atoms with Gasteiger partial charge in [-0.25, -0.2) is 4.98 Å². The minimum Gasteiger partial charge on any atom is -0.392 e. The van der Waals surface area contributed by atoms with Crippen LogP contribution < -0.4 is 5.32 Å². The molecule has 2 aromatic rings. The van der Waals surface area contributed by atoms with Crippen LogP contribution in [0.25, 0.3) is 11.4 Å². The lowest BCUT2D eigenvalue weighted by molar-refractivity contribution is -0.118. The summed E-state index contributed by atoms with van der Waals surface area (Å²) in [7, 11) is 0. The maximum Gasteiger partial charge on any atom is 0.227 e. The molecule has 1 unspecified atom stereocenters. The highest BCUT2D eigenvalue weighted by molar-refractivity contribution is 5.94. The summed E-state index contributed by atoms with van der Waals surface area (Å²) in [5.74, 6) is 1.42. The molecular formula is C17H24N4O2. The summed E-state index contributed by atoms with van der Waals surface area (Å²) >= 11 is 0. The molecule has 6 heteroatoms. The first-order chi connectivity index (χ1) is 10.9. The average Bonchev–Trinajstić information content (AvgIpc) is 2.97. The van der Waals surface area contributed by atoms with Crippen LogP contribution in [0.4, 0.5) is 5.69 Å². The SMILES string of the molecule is CC(C)c1nc(-c2ccccc2NC(=O)CC(O)C(C)C)n[nH]1. The molecule has 0 bridgehead atoms. The molecule has 0 aliphatic heterocycles. The molecule has 1 heterocycles. The second-order valence-electron chi connectivity index (χ2n) is 6.31. The van der Waals surface area contributed by atoms with Crippen molar-refractivity contribution in [3.05, 3.63) is 30.1 Å². The van der Waals surface area contributed by atoms with E-state index in [0.29, 0.717) is 11.5 Å². The van der Waals surface area contributed by atoms with Crippen molar-refractivity contribution in [2.24, 2.45) is 5.92 Å². The topological polar surface area (TPSA) is 90.9 Å². The molecule has 1 aromatic carbocycles. The van der Waals surface area contributed by atoms with Crippen molar-refractivity contribution in [2.45, 2.75) is 46.1 Å². The number of amides is 1. The lowest BCUT2D eigenvalue weighted by Gasteiger charge is -2.15. The first-order valence-corrected chi connectivity index (χ1v) is 7.88. The van der Waals surface area contributed by atoms with Crippen LogP contribution in [0.2, 0.25) is 0 Å². The van der Waals surface area contributed by atoms with Crippen LogP contribution in [-0.4, -0.2) is 32.3 Å². The lowest BCUT2D eigenvalue weighted by atomic mass is 10.0. The van der Waals surface area contributed by atoms with Crippen LogP contribution in [0, 0.1) is 5.92 Å². The largest absolute Gasteiger partial charge is 0.392 e. The van der Waals surface area contributed by atoms with Gasteiger partial charge in [0, 0.05) is 11.5 Å². The molecule has 1 atom stereocenters. The van der Waals surface area contributed by atoms with E-state index >= 15 is 0 Å². The van der Waals surface area contributed by atoms with Gasteiger partial charge in [0.1, 0.15) is 5.82 Å². The zero-order valence-corrected chi connectivity index (χ0v) is 14.0. The summed E-state index contributed by atoms with van der Waals surface area (Å²) in [6, 6.07) is 7.38. The van der Waals surface area contributed by atoms with Gasteiger partial charge in [0.2, 0.25) is 5.91 Å². The van der Waals surface area contributed by atoms with Crippen LogP contribution in [0.15, 0.2) is 24.3 Å². The first kappa shape index (κ1) is 17.1. The Morgan fingerprint density at radius 1 is 1.26 bits per heavy atom. The van der Waals surface area contributed by atoms with E-state index in [2.05, 4.69) is 20.5 Å². The van der Waals surface area contributed by atoms with Gasteiger partial charge < -0.3 is 10.4 Å². The van der Waals surface area contributed by atoms with E-state index in [-0.39, 0.29) is 24.2 Å². The van der Waals surface area contributed by atoms with E-state index in [1.807, 2.05) is 45.9 Å². The Labute approximate surface area is 136 Å². The van der Waals surface area contributed by atoms with Gasteiger partial charge in [-0.3, -0.25) is 9.89 Å². The van der Waals surface area contributed by atoms with Crippen molar-refractivity contribution in [1.29, 1.82) is 0 Å². The molecule has 0 saturated carbocycles. The number of carbonyl (C=O) groups is 1. The molecule has 0 aliphatic carbocycles. The summed E-state index contributed by atoms with van der Waals surface area (Å²) in [5, 5.41) is 19.8. The number of aliphatic hydroxyl groups excluding tert-OH is 1. The van der Waals surface area contributed by atoms with E-state index in [9.17, 15) is 9.90 Å². The highest BCUT2D eigenvalue weighted by atomic mass is 16.3. The molecule has 0 saturated heterocycles. The van der Waals surface area contributed by atoms with Gasteiger partial charge in [-0.1, -0.05) is 39.8 Å². The molecule has 2 rings (SSSR count). The van der Waals surface area contributed by atoms with Crippen molar-refractivity contribution >= 4 is 11.6 Å². The summed E-state index contributed by atoms with van der Waals surface area (Å²) in [6.07, 6.45) is -0.588. The minimum atomic E-state index is -0.654. The molecule has 0 spiro atoms. The molecule has 3 N–H and O–H groups in total. The van der Waals surface area contributed by atoms with Crippen LogP contribution >= 0.6 is 0 Å². The van der Waals surface area contributed by atoms with Crippen LogP contribution in [0.3, 0.4) is 0 Å². The normalized spacial score (nSPS) is 12.7. The van der Waals surface area contributed by atoms with Gasteiger partial charge in [0.15, 0.2) is 5.82 Å². The second kappa shape index (κ2) is 7.37. The molecule has 124 valence electrons. The summed E-state index contributed by atoms with van der Waals surface area (Å²) in [6.45, 7) is 7.83. The second-order valence-corrected chi connectivity index (χ2v) is 6.31. The first-order valence-electron chi connectivity index (χ1n) is 7.88. The van der Waals surface area contributed by atoms with Crippen molar-refractivity contribution in [3.8, 4) is 11.4 Å². The number of carbonyl (C=O) groups excluding carboxylic acids is 1. The minimum absolute atomic E-state index is 0.0394. The maximum absolute atomic E-state index is 12.1. The van der Waals surface area contributed by atoms with Crippen molar-refractivity contribution in [1.82, 2.24) is 15.2 Å². The fraction of sp³-hybridized carbons (Fsp3) is 0.471. The standard InChI is InChI=1S/C17H24N4O2/c1-10(2)14(22)9-15(23)18-13-8-6-5-7-12(13)17-19-16(11(3)4)20-21-17/h5-8,10-11,14,22H,9H2,1-4H3,(H,18,23)(H,19,20,21). The molecule has 6 nitrogen and oxygen atoms in total. The maximum atomic E-state index is 12.1. The molecule has 0 fully saturated rings. The molecule has 0 aliphatic rings. The highest BCUT2D eigenvalue weighted by Gasteiger charge is 2.17. The summed E-state index contributed by atoms with van der Waals surface area (Å²) in [4.78, 5) is 16.6. The zero-order valence-electron chi connectivity index (χ0n) is 14.0. The number of para-hydroxylation sites is 1. The smallest absolute Gasteiger partial charge is 0.227 e. The third kappa shape index (κ3) is 4.39. The Morgan fingerprint density at radius 3 is 2.57 bits per heavy atom. The summed E-state index contributed by atoms with van der Waals surface area (Å²) < 4.78 is 0. The van der Waals surface area contributed by atoms with Gasteiger partial charge >= 0.3 is 0 Å². The number of hydrogen-bond donors (Lipinski definition) is 3. The Balaban J connectivity index is 2.18. The van der Waals surface area contributed by atoms with Gasteiger partial charge in [-0.05, 0) is 18.1 Å². The third-order valence-electron chi connectivity index (χ3n) is 3.66. The number of anilines is 1.